The summed E-state index contributed by atoms with van der Waals surface area (Å²) >= 11 is 0. The topological polar surface area (TPSA) is 100 Å². The van der Waals surface area contributed by atoms with E-state index in [0.717, 1.165) is 16.8 Å². The zero-order valence-corrected chi connectivity index (χ0v) is 16.4. The van der Waals surface area contributed by atoms with Gasteiger partial charge in [-0.2, -0.15) is 10.2 Å². The number of nitrogen functional groups attached to an aromatic ring is 1. The Kier molecular flexibility index (Phi) is 3.82. The number of pyridine rings is 2. The lowest BCUT2D eigenvalue weighted by atomic mass is 10.1. The van der Waals surface area contributed by atoms with Crippen LogP contribution in [-0.2, 0) is 12.8 Å². The van der Waals surface area contributed by atoms with E-state index < -0.39 is 6.17 Å². The minimum absolute atomic E-state index is 0.373. The predicted molar refractivity (Wildman–Crippen MR) is 114 cm³/mol. The summed E-state index contributed by atoms with van der Waals surface area (Å²) in [5.74, 6) is 1.56. The van der Waals surface area contributed by atoms with Gasteiger partial charge in [-0.1, -0.05) is 6.07 Å². The molecule has 6 rings (SSSR count). The molecule has 5 aromatic rings. The molecule has 0 amide bonds. The number of aromatic nitrogens is 7. The van der Waals surface area contributed by atoms with Crippen LogP contribution in [0.3, 0.4) is 0 Å². The molecular weight excluding hydrogens is 395 g/mol. The second-order valence-corrected chi connectivity index (χ2v) is 7.50. The number of anilines is 1. The third kappa shape index (κ3) is 2.85. The van der Waals surface area contributed by atoms with Gasteiger partial charge in [0.25, 0.3) is 0 Å². The number of alkyl halides is 1. The van der Waals surface area contributed by atoms with Crippen LogP contribution in [0.25, 0.3) is 34.1 Å². The molecule has 0 saturated carbocycles. The molecule has 4 heterocycles. The van der Waals surface area contributed by atoms with Gasteiger partial charge >= 0.3 is 0 Å². The number of imidazole rings is 1. The number of rotatable bonds is 3. The van der Waals surface area contributed by atoms with Crippen molar-refractivity contribution in [2.45, 2.75) is 19.0 Å². The lowest BCUT2D eigenvalue weighted by Crippen LogP contribution is -2.05. The molecule has 2 N–H and O–H groups in total. The SMILES string of the molecule is Nc1ncccc1-c1nc2ccc(-n3nccn3)nc2n1-c1ccc2c(c1)CC(F)C2. The molecule has 31 heavy (non-hydrogen) atoms. The van der Waals surface area contributed by atoms with Gasteiger partial charge in [0.05, 0.1) is 18.0 Å². The summed E-state index contributed by atoms with van der Waals surface area (Å²) in [7, 11) is 0. The number of nitrogens with zero attached hydrogens (tertiary/aromatic N) is 7. The third-order valence-corrected chi connectivity index (χ3v) is 5.52. The van der Waals surface area contributed by atoms with Crippen LogP contribution in [0.1, 0.15) is 11.1 Å². The fourth-order valence-corrected chi connectivity index (χ4v) is 4.11. The number of benzene rings is 1. The first-order chi connectivity index (χ1) is 15.2. The number of halogens is 1. The fourth-order valence-electron chi connectivity index (χ4n) is 4.11. The summed E-state index contributed by atoms with van der Waals surface area (Å²) in [4.78, 5) is 15.3. The third-order valence-electron chi connectivity index (χ3n) is 5.52. The van der Waals surface area contributed by atoms with Crippen LogP contribution in [0.5, 0.6) is 0 Å². The van der Waals surface area contributed by atoms with Crippen molar-refractivity contribution >= 4 is 17.0 Å². The summed E-state index contributed by atoms with van der Waals surface area (Å²) in [6.07, 6.45) is 4.86. The van der Waals surface area contributed by atoms with Crippen LogP contribution in [-0.4, -0.2) is 40.7 Å². The first-order valence-electron chi connectivity index (χ1n) is 9.90. The molecule has 0 saturated heterocycles. The lowest BCUT2D eigenvalue weighted by Gasteiger charge is -2.12. The minimum Gasteiger partial charge on any atom is -0.383 e. The van der Waals surface area contributed by atoms with Crippen LogP contribution in [0.2, 0.25) is 0 Å². The molecule has 8 nitrogen and oxygen atoms in total. The van der Waals surface area contributed by atoms with Gasteiger partial charge in [0.2, 0.25) is 0 Å². The van der Waals surface area contributed by atoms with E-state index in [1.165, 1.54) is 4.80 Å². The first kappa shape index (κ1) is 17.7. The number of nitrogens with two attached hydrogens (primary N) is 1. The zero-order valence-electron chi connectivity index (χ0n) is 16.4. The molecule has 1 aliphatic rings. The van der Waals surface area contributed by atoms with Crippen molar-refractivity contribution in [3.63, 3.8) is 0 Å². The van der Waals surface area contributed by atoms with Gasteiger partial charge in [-0.3, -0.25) is 4.57 Å². The largest absolute Gasteiger partial charge is 0.383 e. The van der Waals surface area contributed by atoms with Gasteiger partial charge in [0, 0.05) is 24.7 Å². The molecule has 0 bridgehead atoms. The molecule has 152 valence electrons. The molecule has 9 heteroatoms. The Morgan fingerprint density at radius 2 is 1.77 bits per heavy atom. The Morgan fingerprint density at radius 3 is 2.61 bits per heavy atom. The van der Waals surface area contributed by atoms with E-state index in [1.54, 1.807) is 18.6 Å². The molecule has 0 radical (unpaired) electrons. The molecule has 1 unspecified atom stereocenters. The van der Waals surface area contributed by atoms with Crippen molar-refractivity contribution in [1.29, 1.82) is 0 Å². The van der Waals surface area contributed by atoms with Crippen LogP contribution >= 0.6 is 0 Å². The molecule has 1 aromatic carbocycles. The Bertz CT molecular complexity index is 1420. The van der Waals surface area contributed by atoms with Crippen LogP contribution < -0.4 is 5.73 Å². The van der Waals surface area contributed by atoms with Crippen molar-refractivity contribution in [3.8, 4) is 22.9 Å². The molecule has 4 aromatic heterocycles. The van der Waals surface area contributed by atoms with Crippen LogP contribution in [0.15, 0.2) is 61.1 Å². The van der Waals surface area contributed by atoms with Crippen molar-refractivity contribution in [2.75, 3.05) is 5.73 Å². The number of fused-ring (bicyclic) bond motifs is 2. The molecule has 0 spiro atoms. The van der Waals surface area contributed by atoms with Crippen molar-refractivity contribution in [1.82, 2.24) is 34.5 Å². The van der Waals surface area contributed by atoms with Crippen molar-refractivity contribution in [2.24, 2.45) is 0 Å². The first-order valence-corrected chi connectivity index (χ1v) is 9.90. The van der Waals surface area contributed by atoms with E-state index in [-0.39, 0.29) is 0 Å². The minimum atomic E-state index is -0.839. The highest BCUT2D eigenvalue weighted by Gasteiger charge is 2.23. The average molecular weight is 412 g/mol. The Morgan fingerprint density at radius 1 is 0.935 bits per heavy atom. The summed E-state index contributed by atoms with van der Waals surface area (Å²) in [6.45, 7) is 0. The van der Waals surface area contributed by atoms with Gasteiger partial charge in [-0.15, -0.1) is 4.80 Å². The predicted octanol–water partition coefficient (Wildman–Crippen LogP) is 3.08. The van der Waals surface area contributed by atoms with Crippen LogP contribution in [0, 0.1) is 0 Å². The maximum Gasteiger partial charge on any atom is 0.176 e. The highest BCUT2D eigenvalue weighted by atomic mass is 19.1. The normalized spacial score (nSPS) is 15.5. The summed E-state index contributed by atoms with van der Waals surface area (Å²) in [5, 5.41) is 8.34. The molecular formula is C22H17FN8. The van der Waals surface area contributed by atoms with E-state index in [4.69, 9.17) is 15.7 Å². The van der Waals surface area contributed by atoms with E-state index >= 15 is 0 Å². The summed E-state index contributed by atoms with van der Waals surface area (Å²) in [6, 6.07) is 13.3. The van der Waals surface area contributed by atoms with Crippen molar-refractivity contribution in [3.05, 3.63) is 72.2 Å². The van der Waals surface area contributed by atoms with Gasteiger partial charge in [-0.05, 0) is 47.5 Å². The second kappa shape index (κ2) is 6.69. The monoisotopic (exact) mass is 412 g/mol. The smallest absolute Gasteiger partial charge is 0.176 e. The zero-order chi connectivity index (χ0) is 20.9. The summed E-state index contributed by atoms with van der Waals surface area (Å²) in [5.41, 5.74) is 11.1. The second-order valence-electron chi connectivity index (χ2n) is 7.50. The maximum absolute atomic E-state index is 14.0. The van der Waals surface area contributed by atoms with Crippen LogP contribution in [0.4, 0.5) is 10.2 Å². The molecule has 0 fully saturated rings. The van der Waals surface area contributed by atoms with E-state index in [2.05, 4.69) is 15.2 Å². The van der Waals surface area contributed by atoms with Gasteiger partial charge in [0.1, 0.15) is 17.5 Å². The van der Waals surface area contributed by atoms with E-state index in [0.29, 0.717) is 47.0 Å². The standard InChI is InChI=1S/C22H17FN8/c23-15-10-13-3-4-16(12-14(13)11-15)30-21(17-2-1-7-25-20(17)24)28-18-5-6-19(29-22(18)30)31-26-8-9-27-31/h1-9,12,15H,10-11H2,(H2,24,25). The van der Waals surface area contributed by atoms with Gasteiger partial charge < -0.3 is 5.73 Å². The molecule has 0 aliphatic heterocycles. The molecule has 1 atom stereocenters. The average Bonchev–Trinajstić information content (AvgIpc) is 3.50. The van der Waals surface area contributed by atoms with E-state index in [9.17, 15) is 4.39 Å². The maximum atomic E-state index is 14.0. The van der Waals surface area contributed by atoms with Gasteiger partial charge in [-0.25, -0.2) is 19.3 Å². The summed E-state index contributed by atoms with van der Waals surface area (Å²) < 4.78 is 15.9. The molecule has 1 aliphatic carbocycles. The Labute approximate surface area is 176 Å². The Hall–Kier alpha value is -4.14. The van der Waals surface area contributed by atoms with Crippen molar-refractivity contribution < 1.29 is 4.39 Å². The number of hydrogen-bond donors (Lipinski definition) is 1. The Balaban J connectivity index is 1.63. The number of hydrogen-bond acceptors (Lipinski definition) is 6. The highest BCUT2D eigenvalue weighted by molar-refractivity contribution is 5.83. The van der Waals surface area contributed by atoms with Gasteiger partial charge in [0.15, 0.2) is 17.3 Å². The highest BCUT2D eigenvalue weighted by Crippen LogP contribution is 2.33. The van der Waals surface area contributed by atoms with E-state index in [1.807, 2.05) is 47.0 Å². The quantitative estimate of drug-likeness (QED) is 0.489. The fraction of sp³-hybridized carbons (Fsp3) is 0.136. The lowest BCUT2D eigenvalue weighted by molar-refractivity contribution is 0.349.